The Hall–Kier alpha value is -0.380. The lowest BCUT2D eigenvalue weighted by Gasteiger charge is -2.35. The van der Waals surface area contributed by atoms with E-state index in [2.05, 4.69) is 39.1 Å². The third-order valence-electron chi connectivity index (χ3n) is 4.91. The van der Waals surface area contributed by atoms with Crippen LogP contribution in [-0.2, 0) is 4.74 Å². The topological polar surface area (TPSA) is 35.2 Å². The highest BCUT2D eigenvalue weighted by molar-refractivity contribution is 7.10. The van der Waals surface area contributed by atoms with E-state index >= 15 is 0 Å². The Morgan fingerprint density at radius 2 is 2.10 bits per heavy atom. The van der Waals surface area contributed by atoms with Gasteiger partial charge in [-0.1, -0.05) is 20.8 Å². The average Bonchev–Trinajstić information content (AvgIpc) is 2.85. The highest BCUT2D eigenvalue weighted by Crippen LogP contribution is 2.36. The summed E-state index contributed by atoms with van der Waals surface area (Å²) in [5, 5.41) is 2.15. The predicted molar refractivity (Wildman–Crippen MR) is 87.1 cm³/mol. The maximum Gasteiger partial charge on any atom is 0.107 e. The Bertz CT molecular complexity index is 417. The molecule has 114 valence electrons. The molecule has 1 saturated carbocycles. The molecule has 0 aliphatic heterocycles. The summed E-state index contributed by atoms with van der Waals surface area (Å²) >= 11 is 1.79. The maximum absolute atomic E-state index is 6.47. The van der Waals surface area contributed by atoms with E-state index in [1.165, 1.54) is 29.7 Å². The van der Waals surface area contributed by atoms with E-state index in [1.807, 2.05) is 0 Å². The van der Waals surface area contributed by atoms with Crippen molar-refractivity contribution in [2.75, 3.05) is 0 Å². The SMILES string of the molecule is CCC(N)C(OC1CCC(C)C(C)C1)c1sccc1C. The van der Waals surface area contributed by atoms with E-state index in [-0.39, 0.29) is 12.1 Å². The van der Waals surface area contributed by atoms with Crippen molar-refractivity contribution in [1.82, 2.24) is 0 Å². The molecule has 2 rings (SSSR count). The maximum atomic E-state index is 6.47. The van der Waals surface area contributed by atoms with Crippen molar-refractivity contribution in [1.29, 1.82) is 0 Å². The van der Waals surface area contributed by atoms with Crippen LogP contribution in [0.5, 0.6) is 0 Å². The lowest BCUT2D eigenvalue weighted by Crippen LogP contribution is -2.35. The Labute approximate surface area is 127 Å². The third kappa shape index (κ3) is 3.63. The van der Waals surface area contributed by atoms with Crippen LogP contribution < -0.4 is 5.73 Å². The van der Waals surface area contributed by atoms with Crippen molar-refractivity contribution >= 4 is 11.3 Å². The number of thiophene rings is 1. The van der Waals surface area contributed by atoms with Gasteiger partial charge in [0.2, 0.25) is 0 Å². The Morgan fingerprint density at radius 3 is 2.65 bits per heavy atom. The van der Waals surface area contributed by atoms with Gasteiger partial charge in [-0.15, -0.1) is 11.3 Å². The van der Waals surface area contributed by atoms with Crippen LogP contribution in [0.1, 0.15) is 63.0 Å². The normalized spacial score (nSPS) is 30.1. The average molecular weight is 295 g/mol. The second-order valence-electron chi connectivity index (χ2n) is 6.49. The molecule has 0 bridgehead atoms. The highest BCUT2D eigenvalue weighted by Gasteiger charge is 2.30. The van der Waals surface area contributed by atoms with Crippen LogP contribution >= 0.6 is 11.3 Å². The Balaban J connectivity index is 2.07. The molecule has 2 nitrogen and oxygen atoms in total. The molecule has 3 heteroatoms. The number of hydrogen-bond donors (Lipinski definition) is 1. The summed E-state index contributed by atoms with van der Waals surface area (Å²) in [6.45, 7) is 9.02. The van der Waals surface area contributed by atoms with Gasteiger partial charge < -0.3 is 10.5 Å². The van der Waals surface area contributed by atoms with Crippen molar-refractivity contribution in [2.45, 2.75) is 71.6 Å². The van der Waals surface area contributed by atoms with Crippen molar-refractivity contribution in [3.8, 4) is 0 Å². The number of rotatable bonds is 5. The van der Waals surface area contributed by atoms with E-state index in [0.717, 1.165) is 18.3 Å². The Kier molecular flexibility index (Phi) is 5.65. The molecular weight excluding hydrogens is 266 g/mol. The van der Waals surface area contributed by atoms with E-state index in [1.54, 1.807) is 11.3 Å². The first-order valence-corrected chi connectivity index (χ1v) is 8.85. The smallest absolute Gasteiger partial charge is 0.107 e. The molecule has 1 fully saturated rings. The minimum atomic E-state index is 0.0746. The van der Waals surface area contributed by atoms with Gasteiger partial charge in [0.15, 0.2) is 0 Å². The van der Waals surface area contributed by atoms with E-state index in [0.29, 0.717) is 6.10 Å². The summed E-state index contributed by atoms with van der Waals surface area (Å²) in [4.78, 5) is 1.32. The first-order valence-electron chi connectivity index (χ1n) is 7.97. The zero-order valence-electron chi connectivity index (χ0n) is 13.3. The third-order valence-corrected chi connectivity index (χ3v) is 5.99. The van der Waals surface area contributed by atoms with Gasteiger partial charge in [0, 0.05) is 10.9 Å². The predicted octanol–water partition coefficient (Wildman–Crippen LogP) is 4.68. The van der Waals surface area contributed by atoms with Gasteiger partial charge in [-0.05, 0) is 61.5 Å². The quantitative estimate of drug-likeness (QED) is 0.856. The monoisotopic (exact) mass is 295 g/mol. The highest BCUT2D eigenvalue weighted by atomic mass is 32.1. The molecule has 0 amide bonds. The van der Waals surface area contributed by atoms with E-state index in [9.17, 15) is 0 Å². The fourth-order valence-electron chi connectivity index (χ4n) is 3.08. The first-order chi connectivity index (χ1) is 9.52. The van der Waals surface area contributed by atoms with Crippen LogP contribution in [0.2, 0.25) is 0 Å². The fourth-order valence-corrected chi connectivity index (χ4v) is 4.11. The molecule has 5 unspecified atom stereocenters. The molecule has 20 heavy (non-hydrogen) atoms. The van der Waals surface area contributed by atoms with Crippen molar-refractivity contribution < 1.29 is 4.74 Å². The van der Waals surface area contributed by atoms with Gasteiger partial charge >= 0.3 is 0 Å². The fraction of sp³-hybridized carbons (Fsp3) is 0.765. The molecule has 2 N–H and O–H groups in total. The molecule has 5 atom stereocenters. The molecule has 0 spiro atoms. The molecule has 0 aromatic carbocycles. The number of nitrogens with two attached hydrogens (primary N) is 1. The lowest BCUT2D eigenvalue weighted by molar-refractivity contribution is -0.0581. The van der Waals surface area contributed by atoms with Crippen LogP contribution in [0.3, 0.4) is 0 Å². The summed E-state index contributed by atoms with van der Waals surface area (Å²) in [6, 6.07) is 2.27. The summed E-state index contributed by atoms with van der Waals surface area (Å²) in [5.41, 5.74) is 7.66. The van der Waals surface area contributed by atoms with Gasteiger partial charge in [-0.2, -0.15) is 0 Å². The summed E-state index contributed by atoms with van der Waals surface area (Å²) < 4.78 is 6.47. The van der Waals surface area contributed by atoms with Gasteiger partial charge in [-0.3, -0.25) is 0 Å². The minimum Gasteiger partial charge on any atom is -0.368 e. The molecule has 1 aliphatic carbocycles. The summed E-state index contributed by atoms with van der Waals surface area (Å²) in [5.74, 6) is 1.59. The van der Waals surface area contributed by atoms with Crippen molar-refractivity contribution in [2.24, 2.45) is 17.6 Å². The zero-order valence-corrected chi connectivity index (χ0v) is 14.1. The zero-order chi connectivity index (χ0) is 14.7. The Morgan fingerprint density at radius 1 is 1.35 bits per heavy atom. The van der Waals surface area contributed by atoms with Gasteiger partial charge in [-0.25, -0.2) is 0 Å². The second-order valence-corrected chi connectivity index (χ2v) is 7.43. The first kappa shape index (κ1) is 16.0. The molecule has 1 heterocycles. The molecule has 0 saturated heterocycles. The standard InChI is InChI=1S/C17H29NOS/c1-5-15(18)16(17-12(3)8-9-20-17)19-14-7-6-11(2)13(4)10-14/h8-9,11,13-16H,5-7,10,18H2,1-4H3. The van der Waals surface area contributed by atoms with Crippen molar-refractivity contribution in [3.63, 3.8) is 0 Å². The molecule has 1 aliphatic rings. The van der Waals surface area contributed by atoms with Gasteiger partial charge in [0.1, 0.15) is 6.10 Å². The summed E-state index contributed by atoms with van der Waals surface area (Å²) in [6.07, 6.45) is 5.06. The van der Waals surface area contributed by atoms with E-state index < -0.39 is 0 Å². The van der Waals surface area contributed by atoms with Crippen LogP contribution in [0, 0.1) is 18.8 Å². The van der Waals surface area contributed by atoms with Crippen LogP contribution in [0.25, 0.3) is 0 Å². The minimum absolute atomic E-state index is 0.0746. The molecular formula is C17H29NOS. The number of aryl methyl sites for hydroxylation is 1. The van der Waals surface area contributed by atoms with Crippen LogP contribution in [0.4, 0.5) is 0 Å². The molecule has 0 radical (unpaired) electrons. The lowest BCUT2D eigenvalue weighted by atomic mass is 9.80. The van der Waals surface area contributed by atoms with Crippen LogP contribution in [0.15, 0.2) is 11.4 Å². The largest absolute Gasteiger partial charge is 0.368 e. The van der Waals surface area contributed by atoms with Crippen LogP contribution in [-0.4, -0.2) is 12.1 Å². The van der Waals surface area contributed by atoms with Gasteiger partial charge in [0.25, 0.3) is 0 Å². The number of ether oxygens (including phenoxy) is 1. The second kappa shape index (κ2) is 7.06. The van der Waals surface area contributed by atoms with Crippen molar-refractivity contribution in [3.05, 3.63) is 21.9 Å². The van der Waals surface area contributed by atoms with E-state index in [4.69, 9.17) is 10.5 Å². The molecule has 1 aromatic heterocycles. The number of hydrogen-bond acceptors (Lipinski definition) is 3. The van der Waals surface area contributed by atoms with Gasteiger partial charge in [0.05, 0.1) is 6.10 Å². The molecule has 1 aromatic rings. The summed E-state index contributed by atoms with van der Waals surface area (Å²) in [7, 11) is 0.